The molecule has 38 heavy (non-hydrogen) atoms. The highest BCUT2D eigenvalue weighted by atomic mass is 32.1. The molecule has 1 amide bonds. The van der Waals surface area contributed by atoms with E-state index in [1.807, 2.05) is 11.8 Å². The summed E-state index contributed by atoms with van der Waals surface area (Å²) in [4.78, 5) is 24.7. The molecular formula is C26H32F2N6O3S. The standard InChI is InChI=1S/C26H32F2N6O3S/c1-12(11-36-3)37-21-10-34(9-19(21)29)22-8-18(28)15-6-14(4-5-20(15)33-22)32-25(35)24-23(30)16-7-17(27)13(2)31-26(16)38-24/h7-8,12,14,19,21H,4-6,9-11,29-30H2,1-3H3,(H,32,35). The van der Waals surface area contributed by atoms with Crippen molar-refractivity contribution in [3.8, 4) is 0 Å². The summed E-state index contributed by atoms with van der Waals surface area (Å²) in [6, 6.07) is 2.24. The summed E-state index contributed by atoms with van der Waals surface area (Å²) >= 11 is 1.12. The van der Waals surface area contributed by atoms with Crippen LogP contribution in [0, 0.1) is 18.6 Å². The number of fused-ring (bicyclic) bond motifs is 2. The van der Waals surface area contributed by atoms with E-state index >= 15 is 4.39 Å². The van der Waals surface area contributed by atoms with Gasteiger partial charge in [-0.2, -0.15) is 0 Å². The van der Waals surface area contributed by atoms with E-state index in [-0.39, 0.29) is 52.3 Å². The first-order chi connectivity index (χ1) is 18.1. The van der Waals surface area contributed by atoms with Crippen molar-refractivity contribution in [2.45, 2.75) is 57.4 Å². The van der Waals surface area contributed by atoms with Crippen molar-refractivity contribution >= 4 is 39.0 Å². The molecule has 1 aliphatic carbocycles. The Morgan fingerprint density at radius 3 is 2.84 bits per heavy atom. The van der Waals surface area contributed by atoms with Crippen LogP contribution in [0.15, 0.2) is 12.1 Å². The van der Waals surface area contributed by atoms with Gasteiger partial charge in [-0.3, -0.25) is 4.79 Å². The Morgan fingerprint density at radius 1 is 1.29 bits per heavy atom. The van der Waals surface area contributed by atoms with Crippen molar-refractivity contribution in [3.05, 3.63) is 45.6 Å². The molecule has 4 heterocycles. The Labute approximate surface area is 223 Å². The number of pyridine rings is 2. The van der Waals surface area contributed by atoms with Crippen LogP contribution in [0.2, 0.25) is 0 Å². The number of carbonyl (C=O) groups excluding carboxylic acids is 1. The third kappa shape index (κ3) is 5.18. The number of aromatic nitrogens is 2. The first-order valence-corrected chi connectivity index (χ1v) is 13.5. The lowest BCUT2D eigenvalue weighted by Gasteiger charge is -2.27. The van der Waals surface area contributed by atoms with Crippen molar-refractivity contribution in [2.75, 3.05) is 37.4 Å². The van der Waals surface area contributed by atoms with Crippen LogP contribution < -0.4 is 21.7 Å². The maximum Gasteiger partial charge on any atom is 0.263 e. The summed E-state index contributed by atoms with van der Waals surface area (Å²) in [7, 11) is 1.62. The zero-order valence-corrected chi connectivity index (χ0v) is 22.4. The number of methoxy groups -OCH3 is 1. The van der Waals surface area contributed by atoms with Crippen molar-refractivity contribution in [3.63, 3.8) is 0 Å². The number of ether oxygens (including phenoxy) is 2. The summed E-state index contributed by atoms with van der Waals surface area (Å²) in [6.45, 7) is 5.00. The van der Waals surface area contributed by atoms with Gasteiger partial charge in [0.25, 0.3) is 5.91 Å². The second-order valence-electron chi connectivity index (χ2n) is 10.1. The van der Waals surface area contributed by atoms with Crippen LogP contribution in [-0.2, 0) is 22.3 Å². The van der Waals surface area contributed by atoms with E-state index in [1.54, 1.807) is 14.0 Å². The summed E-state index contributed by atoms with van der Waals surface area (Å²) in [5, 5.41) is 3.38. The molecule has 0 aromatic carbocycles. The second kappa shape index (κ2) is 10.7. The molecule has 5 rings (SSSR count). The van der Waals surface area contributed by atoms with Gasteiger partial charge in [0.1, 0.15) is 27.2 Å². The van der Waals surface area contributed by atoms with Gasteiger partial charge in [-0.1, -0.05) is 0 Å². The van der Waals surface area contributed by atoms with Gasteiger partial charge >= 0.3 is 0 Å². The van der Waals surface area contributed by atoms with Crippen molar-refractivity contribution in [1.82, 2.24) is 15.3 Å². The van der Waals surface area contributed by atoms with Crippen LogP contribution in [0.1, 0.15) is 40.0 Å². The minimum absolute atomic E-state index is 0.0965. The van der Waals surface area contributed by atoms with Crippen molar-refractivity contribution < 1.29 is 23.0 Å². The molecule has 5 N–H and O–H groups in total. The fourth-order valence-electron chi connectivity index (χ4n) is 5.17. The van der Waals surface area contributed by atoms with Gasteiger partial charge < -0.3 is 31.2 Å². The highest BCUT2D eigenvalue weighted by Gasteiger charge is 2.34. The first-order valence-electron chi connectivity index (χ1n) is 12.6. The third-order valence-electron chi connectivity index (χ3n) is 7.15. The van der Waals surface area contributed by atoms with Crippen LogP contribution in [0.3, 0.4) is 0 Å². The van der Waals surface area contributed by atoms with E-state index in [0.29, 0.717) is 66.3 Å². The number of nitrogens with two attached hydrogens (primary N) is 2. The Morgan fingerprint density at radius 2 is 2.08 bits per heavy atom. The van der Waals surface area contributed by atoms with E-state index < -0.39 is 5.82 Å². The zero-order valence-electron chi connectivity index (χ0n) is 21.6. The predicted molar refractivity (Wildman–Crippen MR) is 143 cm³/mol. The molecule has 1 aliphatic heterocycles. The van der Waals surface area contributed by atoms with Crippen LogP contribution >= 0.6 is 11.3 Å². The van der Waals surface area contributed by atoms with Gasteiger partial charge in [0.05, 0.1) is 36.2 Å². The third-order valence-corrected chi connectivity index (χ3v) is 8.27. The number of aryl methyl sites for hydroxylation is 2. The normalized spacial score (nSPS) is 22.1. The first kappa shape index (κ1) is 26.7. The average Bonchev–Trinajstić information content (AvgIpc) is 3.39. The topological polar surface area (TPSA) is 129 Å². The van der Waals surface area contributed by atoms with Crippen molar-refractivity contribution in [2.24, 2.45) is 5.73 Å². The summed E-state index contributed by atoms with van der Waals surface area (Å²) < 4.78 is 40.4. The Kier molecular flexibility index (Phi) is 7.49. The average molecular weight is 547 g/mol. The molecule has 0 saturated carbocycles. The number of rotatable bonds is 7. The molecule has 1 saturated heterocycles. The molecule has 3 aromatic heterocycles. The quantitative estimate of drug-likeness (QED) is 0.413. The number of hydrogen-bond acceptors (Lipinski definition) is 9. The molecule has 4 unspecified atom stereocenters. The monoisotopic (exact) mass is 546 g/mol. The van der Waals surface area contributed by atoms with E-state index in [4.69, 9.17) is 25.9 Å². The fraction of sp³-hybridized carbons (Fsp3) is 0.500. The van der Waals surface area contributed by atoms with Gasteiger partial charge in [0.2, 0.25) is 0 Å². The Bertz CT molecular complexity index is 1370. The molecule has 0 bridgehead atoms. The van der Waals surface area contributed by atoms with Crippen molar-refractivity contribution in [1.29, 1.82) is 0 Å². The van der Waals surface area contributed by atoms with Gasteiger partial charge in [-0.25, -0.2) is 18.7 Å². The highest BCUT2D eigenvalue weighted by molar-refractivity contribution is 7.21. The lowest BCUT2D eigenvalue weighted by molar-refractivity contribution is -0.0348. The van der Waals surface area contributed by atoms with Crippen LogP contribution in [-0.4, -0.2) is 67.0 Å². The molecule has 4 atom stereocenters. The van der Waals surface area contributed by atoms with E-state index in [2.05, 4.69) is 10.3 Å². The summed E-state index contributed by atoms with van der Waals surface area (Å²) in [5.74, 6) is -0.662. The Balaban J connectivity index is 1.27. The minimum Gasteiger partial charge on any atom is -0.397 e. The van der Waals surface area contributed by atoms with Gasteiger partial charge in [0, 0.05) is 49.0 Å². The van der Waals surface area contributed by atoms with E-state index in [0.717, 1.165) is 11.3 Å². The molecule has 3 aromatic rings. The number of thiophene rings is 1. The molecule has 0 spiro atoms. The molecule has 1 fully saturated rings. The second-order valence-corrected chi connectivity index (χ2v) is 11.1. The maximum atomic E-state index is 15.3. The number of carbonyl (C=O) groups is 1. The number of nitrogen functional groups attached to an aromatic ring is 1. The number of halogens is 2. The van der Waals surface area contributed by atoms with Crippen LogP contribution in [0.4, 0.5) is 20.3 Å². The SMILES string of the molecule is COCC(C)OC1CN(c2cc(F)c3c(n2)CCC(NC(=O)c2sc4nc(C)c(F)cc4c2N)C3)CC1N. The van der Waals surface area contributed by atoms with Gasteiger partial charge in [-0.15, -0.1) is 11.3 Å². The molecule has 9 nitrogen and oxygen atoms in total. The lowest BCUT2D eigenvalue weighted by Crippen LogP contribution is -2.39. The minimum atomic E-state index is -0.472. The van der Waals surface area contributed by atoms with E-state index in [1.165, 1.54) is 12.1 Å². The number of amides is 1. The molecule has 204 valence electrons. The molecular weight excluding hydrogens is 514 g/mol. The predicted octanol–water partition coefficient (Wildman–Crippen LogP) is 2.71. The highest BCUT2D eigenvalue weighted by Crippen LogP contribution is 2.34. The largest absolute Gasteiger partial charge is 0.397 e. The number of nitrogens with one attached hydrogen (secondary N) is 1. The number of nitrogens with zero attached hydrogens (tertiary/aromatic N) is 3. The van der Waals surface area contributed by atoms with Gasteiger partial charge in [-0.05, 0) is 39.2 Å². The lowest BCUT2D eigenvalue weighted by atomic mass is 9.91. The molecule has 12 heteroatoms. The smallest absolute Gasteiger partial charge is 0.263 e. The van der Waals surface area contributed by atoms with Gasteiger partial charge in [0.15, 0.2) is 0 Å². The Hall–Kier alpha value is -2.93. The number of anilines is 2. The molecule has 2 aliphatic rings. The zero-order chi connectivity index (χ0) is 27.1. The van der Waals surface area contributed by atoms with Crippen LogP contribution in [0.25, 0.3) is 10.2 Å². The fourth-order valence-corrected chi connectivity index (χ4v) is 6.20. The summed E-state index contributed by atoms with van der Waals surface area (Å²) in [5.41, 5.74) is 14.1. The number of hydrogen-bond donors (Lipinski definition) is 3. The maximum absolute atomic E-state index is 15.3. The molecule has 0 radical (unpaired) electrons. The van der Waals surface area contributed by atoms with Crippen LogP contribution in [0.5, 0.6) is 0 Å². The van der Waals surface area contributed by atoms with E-state index in [9.17, 15) is 9.18 Å². The summed E-state index contributed by atoms with van der Waals surface area (Å²) in [6.07, 6.45) is 1.14.